The third-order valence-electron chi connectivity index (χ3n) is 8.03. The number of rotatable bonds is 11. The normalized spacial score (nSPS) is 23.8. The fourth-order valence-electron chi connectivity index (χ4n) is 5.29. The zero-order valence-corrected chi connectivity index (χ0v) is 25.1. The summed E-state index contributed by atoms with van der Waals surface area (Å²) in [5, 5.41) is 0. The van der Waals surface area contributed by atoms with Crippen LogP contribution in [0, 0.1) is 20.8 Å². The van der Waals surface area contributed by atoms with E-state index in [0.29, 0.717) is 6.10 Å². The standard InChI is InChI=1S/C31H49O3Si/c1-21(13-11-14-22(2)16-17-27-30(6,7)32-27)15-12-19-31(8)20-18-26-25(5)28(34-35(9)10)23(3)24(4)29(26)33-31/h14-15,27H,11-13,16-20H2,1-10H3/b21-15+,22-14+/t27?,31-/m1/s1. The number of ether oxygens (including phenoxy) is 2. The second-order valence-electron chi connectivity index (χ2n) is 12.0. The van der Waals surface area contributed by atoms with Crippen molar-refractivity contribution in [2.75, 3.05) is 0 Å². The Kier molecular flexibility index (Phi) is 9.02. The van der Waals surface area contributed by atoms with Gasteiger partial charge in [0.2, 0.25) is 0 Å². The number of hydrogen-bond acceptors (Lipinski definition) is 3. The average molecular weight is 498 g/mol. The molecule has 0 aliphatic carbocycles. The highest BCUT2D eigenvalue weighted by Gasteiger charge is 2.46. The first-order chi connectivity index (χ1) is 16.3. The SMILES string of the molecule is C/C(=C\CC[C@]1(C)CCc2c(C)c(O[Si](C)C)c(C)c(C)c2O1)CC/C=C(\C)CCC1OC1(C)C. The molecule has 1 aromatic carbocycles. The minimum absolute atomic E-state index is 0.102. The first kappa shape index (κ1) is 28.1. The van der Waals surface area contributed by atoms with Crippen LogP contribution < -0.4 is 9.16 Å². The van der Waals surface area contributed by atoms with E-state index in [0.717, 1.165) is 62.9 Å². The Balaban J connectivity index is 1.51. The van der Waals surface area contributed by atoms with Gasteiger partial charge in [0.25, 0.3) is 9.04 Å². The summed E-state index contributed by atoms with van der Waals surface area (Å²) in [7, 11) is -0.792. The molecule has 2 heterocycles. The molecule has 1 saturated heterocycles. The Bertz CT molecular complexity index is 972. The molecular weight excluding hydrogens is 448 g/mol. The van der Waals surface area contributed by atoms with Gasteiger partial charge in [-0.05, 0) is 137 Å². The Hall–Kier alpha value is -1.52. The first-order valence-electron chi connectivity index (χ1n) is 13.6. The zero-order valence-electron chi connectivity index (χ0n) is 24.1. The predicted molar refractivity (Wildman–Crippen MR) is 150 cm³/mol. The molecule has 1 fully saturated rings. The molecular formula is C31H49O3Si. The molecule has 0 amide bonds. The zero-order chi connectivity index (χ0) is 26.0. The quantitative estimate of drug-likeness (QED) is 0.174. The fourth-order valence-corrected chi connectivity index (χ4v) is 6.00. The van der Waals surface area contributed by atoms with Gasteiger partial charge in [0.05, 0.1) is 11.7 Å². The lowest BCUT2D eigenvalue weighted by Crippen LogP contribution is -2.37. The van der Waals surface area contributed by atoms with Gasteiger partial charge in [-0.25, -0.2) is 0 Å². The molecule has 0 saturated carbocycles. The molecule has 3 nitrogen and oxygen atoms in total. The first-order valence-corrected chi connectivity index (χ1v) is 16.0. The van der Waals surface area contributed by atoms with E-state index in [1.807, 2.05) is 0 Å². The van der Waals surface area contributed by atoms with Crippen molar-refractivity contribution in [3.8, 4) is 11.5 Å². The van der Waals surface area contributed by atoms with Crippen LogP contribution in [0.3, 0.4) is 0 Å². The summed E-state index contributed by atoms with van der Waals surface area (Å²) < 4.78 is 18.7. The van der Waals surface area contributed by atoms with E-state index in [4.69, 9.17) is 13.9 Å². The molecule has 3 rings (SSSR count). The summed E-state index contributed by atoms with van der Waals surface area (Å²) in [6.45, 7) is 22.2. The van der Waals surface area contributed by atoms with E-state index in [1.165, 1.54) is 33.4 Å². The van der Waals surface area contributed by atoms with Crippen LogP contribution in [-0.4, -0.2) is 26.3 Å². The summed E-state index contributed by atoms with van der Waals surface area (Å²) in [6.07, 6.45) is 14.1. The minimum atomic E-state index is -0.792. The van der Waals surface area contributed by atoms with Gasteiger partial charge in [-0.15, -0.1) is 0 Å². The summed E-state index contributed by atoms with van der Waals surface area (Å²) in [6, 6.07) is 0. The van der Waals surface area contributed by atoms with Crippen LogP contribution in [0.4, 0.5) is 0 Å². The molecule has 1 unspecified atom stereocenters. The van der Waals surface area contributed by atoms with Crippen LogP contribution in [0.25, 0.3) is 0 Å². The lowest BCUT2D eigenvalue weighted by atomic mass is 9.85. The van der Waals surface area contributed by atoms with E-state index in [-0.39, 0.29) is 11.2 Å². The summed E-state index contributed by atoms with van der Waals surface area (Å²) in [4.78, 5) is 0. The summed E-state index contributed by atoms with van der Waals surface area (Å²) in [5.74, 6) is 2.21. The fraction of sp³-hybridized carbons (Fsp3) is 0.677. The van der Waals surface area contributed by atoms with Crippen LogP contribution in [0.2, 0.25) is 13.1 Å². The summed E-state index contributed by atoms with van der Waals surface area (Å²) in [5.41, 5.74) is 8.12. The predicted octanol–water partition coefficient (Wildman–Crippen LogP) is 8.74. The highest BCUT2D eigenvalue weighted by molar-refractivity contribution is 6.49. The molecule has 1 aromatic rings. The van der Waals surface area contributed by atoms with Crippen molar-refractivity contribution < 1.29 is 13.9 Å². The molecule has 35 heavy (non-hydrogen) atoms. The van der Waals surface area contributed by atoms with Gasteiger partial charge in [-0.2, -0.15) is 0 Å². The van der Waals surface area contributed by atoms with Gasteiger partial charge < -0.3 is 13.9 Å². The molecule has 195 valence electrons. The number of allylic oxidation sites excluding steroid dienone is 4. The maximum atomic E-state index is 6.74. The van der Waals surface area contributed by atoms with Gasteiger partial charge >= 0.3 is 0 Å². The van der Waals surface area contributed by atoms with Gasteiger partial charge in [0.1, 0.15) is 17.1 Å². The Morgan fingerprint density at radius 2 is 1.60 bits per heavy atom. The molecule has 0 bridgehead atoms. The van der Waals surface area contributed by atoms with Crippen LogP contribution in [0.5, 0.6) is 11.5 Å². The van der Waals surface area contributed by atoms with Crippen LogP contribution >= 0.6 is 0 Å². The van der Waals surface area contributed by atoms with Gasteiger partial charge in [-0.1, -0.05) is 23.3 Å². The highest BCUT2D eigenvalue weighted by atomic mass is 28.3. The Morgan fingerprint density at radius 3 is 2.23 bits per heavy atom. The topological polar surface area (TPSA) is 31.0 Å². The second kappa shape index (κ2) is 11.3. The average Bonchev–Trinajstić information content (AvgIpc) is 3.39. The van der Waals surface area contributed by atoms with Crippen molar-refractivity contribution in [3.63, 3.8) is 0 Å². The summed E-state index contributed by atoms with van der Waals surface area (Å²) >= 11 is 0. The lowest BCUT2D eigenvalue weighted by molar-refractivity contribution is 0.0559. The van der Waals surface area contributed by atoms with Crippen molar-refractivity contribution in [1.82, 2.24) is 0 Å². The van der Waals surface area contributed by atoms with Gasteiger partial charge in [0.15, 0.2) is 0 Å². The number of benzene rings is 1. The third kappa shape index (κ3) is 7.26. The van der Waals surface area contributed by atoms with Crippen molar-refractivity contribution in [2.45, 2.75) is 137 Å². The van der Waals surface area contributed by atoms with Crippen LogP contribution in [0.1, 0.15) is 102 Å². The largest absolute Gasteiger partial charge is 0.542 e. The van der Waals surface area contributed by atoms with E-state index in [2.05, 4.69) is 80.6 Å². The third-order valence-corrected chi connectivity index (χ3v) is 8.64. The van der Waals surface area contributed by atoms with E-state index >= 15 is 0 Å². The Labute approximate surface area is 217 Å². The van der Waals surface area contributed by atoms with E-state index < -0.39 is 9.04 Å². The monoisotopic (exact) mass is 497 g/mol. The molecule has 0 N–H and O–H groups in total. The van der Waals surface area contributed by atoms with Crippen LogP contribution in [0.15, 0.2) is 23.3 Å². The second-order valence-corrected chi connectivity index (χ2v) is 14.0. The smallest absolute Gasteiger partial charge is 0.274 e. The van der Waals surface area contributed by atoms with Gasteiger partial charge in [-0.3, -0.25) is 0 Å². The van der Waals surface area contributed by atoms with Crippen molar-refractivity contribution in [1.29, 1.82) is 0 Å². The molecule has 2 atom stereocenters. The number of hydrogen-bond donors (Lipinski definition) is 0. The molecule has 4 heteroatoms. The minimum Gasteiger partial charge on any atom is -0.542 e. The molecule has 2 aliphatic heterocycles. The number of fused-ring (bicyclic) bond motifs is 1. The maximum Gasteiger partial charge on any atom is 0.274 e. The van der Waals surface area contributed by atoms with E-state index in [9.17, 15) is 0 Å². The lowest BCUT2D eigenvalue weighted by Gasteiger charge is -2.38. The highest BCUT2D eigenvalue weighted by Crippen LogP contribution is 2.45. The molecule has 0 aromatic heterocycles. The molecule has 1 radical (unpaired) electrons. The van der Waals surface area contributed by atoms with Crippen molar-refractivity contribution in [2.24, 2.45) is 0 Å². The van der Waals surface area contributed by atoms with Crippen LogP contribution in [-0.2, 0) is 11.2 Å². The van der Waals surface area contributed by atoms with E-state index in [1.54, 1.807) is 0 Å². The molecule has 2 aliphatic rings. The molecule has 0 spiro atoms. The number of epoxide rings is 1. The Morgan fingerprint density at radius 1 is 0.971 bits per heavy atom. The van der Waals surface area contributed by atoms with Gasteiger partial charge in [0, 0.05) is 5.56 Å². The van der Waals surface area contributed by atoms with Crippen molar-refractivity contribution >= 4 is 9.04 Å². The van der Waals surface area contributed by atoms with Crippen molar-refractivity contribution in [3.05, 3.63) is 45.6 Å². The maximum absolute atomic E-state index is 6.74.